The maximum atomic E-state index is 12.7. The van der Waals surface area contributed by atoms with Crippen LogP contribution >= 0.6 is 0 Å². The second kappa shape index (κ2) is 11.0. The molecule has 0 unspecified atom stereocenters. The van der Waals surface area contributed by atoms with E-state index in [4.69, 9.17) is 9.47 Å². The lowest BCUT2D eigenvalue weighted by molar-refractivity contribution is -0.119. The largest absolute Gasteiger partial charge is 0.494 e. The summed E-state index contributed by atoms with van der Waals surface area (Å²) in [6.07, 6.45) is 0.122. The van der Waals surface area contributed by atoms with Crippen LogP contribution in [0.4, 0.5) is 10.5 Å². The molecule has 2 N–H and O–H groups in total. The van der Waals surface area contributed by atoms with Gasteiger partial charge >= 0.3 is 6.09 Å². The Labute approximate surface area is 166 Å². The molecule has 0 saturated carbocycles. The third-order valence-electron chi connectivity index (χ3n) is 4.41. The fourth-order valence-electron chi connectivity index (χ4n) is 2.61. The van der Waals surface area contributed by atoms with Crippen molar-refractivity contribution in [2.24, 2.45) is 5.92 Å². The zero-order valence-electron chi connectivity index (χ0n) is 16.6. The lowest BCUT2D eigenvalue weighted by Crippen LogP contribution is -2.47. The topological polar surface area (TPSA) is 76.7 Å². The number of anilines is 1. The van der Waals surface area contributed by atoms with Crippen molar-refractivity contribution in [3.63, 3.8) is 0 Å². The molecule has 0 saturated heterocycles. The summed E-state index contributed by atoms with van der Waals surface area (Å²) in [4.78, 5) is 24.9. The number of ether oxygens (including phenoxy) is 2. The minimum atomic E-state index is -0.695. The quantitative estimate of drug-likeness (QED) is 0.673. The van der Waals surface area contributed by atoms with E-state index in [0.29, 0.717) is 12.3 Å². The molecule has 2 atom stereocenters. The van der Waals surface area contributed by atoms with Crippen LogP contribution in [-0.2, 0) is 16.1 Å². The fraction of sp³-hybridized carbons (Fsp3) is 0.364. The summed E-state index contributed by atoms with van der Waals surface area (Å²) in [7, 11) is 0. The molecule has 2 amide bonds. The van der Waals surface area contributed by atoms with E-state index in [0.717, 1.165) is 17.7 Å². The summed E-state index contributed by atoms with van der Waals surface area (Å²) >= 11 is 0. The number of alkyl carbamates (subject to hydrolysis) is 1. The number of hydrogen-bond acceptors (Lipinski definition) is 4. The zero-order chi connectivity index (χ0) is 20.4. The Morgan fingerprint density at radius 3 is 2.29 bits per heavy atom. The van der Waals surface area contributed by atoms with E-state index in [2.05, 4.69) is 10.6 Å². The predicted octanol–water partition coefficient (Wildman–Crippen LogP) is 4.36. The molecule has 0 spiro atoms. The number of nitrogens with one attached hydrogen (secondary N) is 2. The van der Waals surface area contributed by atoms with Crippen molar-refractivity contribution in [1.82, 2.24) is 5.32 Å². The van der Waals surface area contributed by atoms with Gasteiger partial charge in [0.25, 0.3) is 0 Å². The third-order valence-corrected chi connectivity index (χ3v) is 4.41. The van der Waals surface area contributed by atoms with E-state index in [1.807, 2.05) is 51.1 Å². The van der Waals surface area contributed by atoms with Crippen LogP contribution < -0.4 is 15.4 Å². The van der Waals surface area contributed by atoms with Gasteiger partial charge in [-0.25, -0.2) is 4.79 Å². The monoisotopic (exact) mass is 384 g/mol. The average molecular weight is 384 g/mol. The van der Waals surface area contributed by atoms with Crippen LogP contribution in [0.15, 0.2) is 54.6 Å². The van der Waals surface area contributed by atoms with Crippen LogP contribution in [0.25, 0.3) is 0 Å². The van der Waals surface area contributed by atoms with Gasteiger partial charge in [0.2, 0.25) is 5.91 Å². The van der Waals surface area contributed by atoms with Gasteiger partial charge in [0.1, 0.15) is 18.4 Å². The first kappa shape index (κ1) is 21.3. The highest BCUT2D eigenvalue weighted by atomic mass is 16.5. The van der Waals surface area contributed by atoms with Gasteiger partial charge in [-0.1, -0.05) is 50.6 Å². The summed E-state index contributed by atoms with van der Waals surface area (Å²) in [5.74, 6) is 0.406. The number of carbonyl (C=O) groups excluding carboxylic acids is 2. The maximum Gasteiger partial charge on any atom is 0.408 e. The molecule has 2 aromatic rings. The van der Waals surface area contributed by atoms with Crippen LogP contribution in [-0.4, -0.2) is 24.6 Å². The predicted molar refractivity (Wildman–Crippen MR) is 109 cm³/mol. The minimum absolute atomic E-state index is 0.0491. The molecule has 0 aliphatic rings. The van der Waals surface area contributed by atoms with E-state index < -0.39 is 12.1 Å². The normalized spacial score (nSPS) is 12.5. The lowest BCUT2D eigenvalue weighted by atomic mass is 9.98. The van der Waals surface area contributed by atoms with Crippen LogP contribution in [0.2, 0.25) is 0 Å². The van der Waals surface area contributed by atoms with Crippen LogP contribution in [0.3, 0.4) is 0 Å². The second-order valence-corrected chi connectivity index (χ2v) is 6.52. The minimum Gasteiger partial charge on any atom is -0.494 e. The second-order valence-electron chi connectivity index (χ2n) is 6.52. The Balaban J connectivity index is 1.95. The first-order valence-electron chi connectivity index (χ1n) is 9.54. The highest BCUT2D eigenvalue weighted by Crippen LogP contribution is 2.17. The van der Waals surface area contributed by atoms with Crippen molar-refractivity contribution in [1.29, 1.82) is 0 Å². The zero-order valence-corrected chi connectivity index (χ0v) is 16.6. The van der Waals surface area contributed by atoms with Gasteiger partial charge in [0.15, 0.2) is 0 Å². The summed E-state index contributed by atoms with van der Waals surface area (Å²) in [6.45, 7) is 6.53. The molecule has 0 fully saturated rings. The number of rotatable bonds is 9. The highest BCUT2D eigenvalue weighted by molar-refractivity contribution is 5.96. The molecule has 2 aromatic carbocycles. The summed E-state index contributed by atoms with van der Waals surface area (Å²) in [6, 6.07) is 15.8. The van der Waals surface area contributed by atoms with Gasteiger partial charge in [-0.15, -0.1) is 0 Å². The molecule has 0 bridgehead atoms. The van der Waals surface area contributed by atoms with Gasteiger partial charge in [-0.2, -0.15) is 0 Å². The smallest absolute Gasteiger partial charge is 0.408 e. The van der Waals surface area contributed by atoms with Crippen molar-refractivity contribution in [3.8, 4) is 5.75 Å². The van der Waals surface area contributed by atoms with Crippen molar-refractivity contribution in [3.05, 3.63) is 60.2 Å². The molecular formula is C22H28N2O4. The van der Waals surface area contributed by atoms with Crippen molar-refractivity contribution < 1.29 is 19.1 Å². The van der Waals surface area contributed by atoms with E-state index in [-0.39, 0.29) is 18.4 Å². The van der Waals surface area contributed by atoms with E-state index in [1.165, 1.54) is 0 Å². The standard InChI is InChI=1S/C22H28N2O4/c1-4-16(3)20(24-22(26)28-15-17-9-7-6-8-10-17)21(25)23-18-11-13-19(14-12-18)27-5-2/h6-14,16,20H,4-5,15H2,1-3H3,(H,23,25)(H,24,26)/t16-,20+/m1/s1. The van der Waals surface area contributed by atoms with Gasteiger partial charge in [0.05, 0.1) is 6.61 Å². The van der Waals surface area contributed by atoms with Crippen LogP contribution in [0.5, 0.6) is 5.75 Å². The lowest BCUT2D eigenvalue weighted by Gasteiger charge is -2.23. The number of carbonyl (C=O) groups is 2. The number of hydrogen-bond donors (Lipinski definition) is 2. The molecule has 6 nitrogen and oxygen atoms in total. The molecule has 0 aliphatic carbocycles. The van der Waals surface area contributed by atoms with Crippen LogP contribution in [0.1, 0.15) is 32.8 Å². The molecule has 0 heterocycles. The van der Waals surface area contributed by atoms with Gasteiger partial charge in [-0.3, -0.25) is 4.79 Å². The molecule has 28 heavy (non-hydrogen) atoms. The Kier molecular flexibility index (Phi) is 8.34. The molecule has 2 rings (SSSR count). The number of benzene rings is 2. The fourth-order valence-corrected chi connectivity index (χ4v) is 2.61. The molecule has 0 aliphatic heterocycles. The van der Waals surface area contributed by atoms with Crippen molar-refractivity contribution >= 4 is 17.7 Å². The van der Waals surface area contributed by atoms with E-state index >= 15 is 0 Å². The van der Waals surface area contributed by atoms with Crippen molar-refractivity contribution in [2.75, 3.05) is 11.9 Å². The van der Waals surface area contributed by atoms with Crippen LogP contribution in [0, 0.1) is 5.92 Å². The SMILES string of the molecule is CCOc1ccc(NC(=O)[C@@H](NC(=O)OCc2ccccc2)[C@H](C)CC)cc1. The number of amides is 2. The third kappa shape index (κ3) is 6.61. The highest BCUT2D eigenvalue weighted by Gasteiger charge is 2.26. The van der Waals surface area contributed by atoms with Crippen molar-refractivity contribution in [2.45, 2.75) is 39.8 Å². The Bertz CT molecular complexity index is 747. The summed E-state index contributed by atoms with van der Waals surface area (Å²) in [5, 5.41) is 5.53. The molecule has 0 aromatic heterocycles. The Morgan fingerprint density at radius 1 is 1.00 bits per heavy atom. The molecule has 6 heteroatoms. The summed E-state index contributed by atoms with van der Waals surface area (Å²) < 4.78 is 10.6. The summed E-state index contributed by atoms with van der Waals surface area (Å²) in [5.41, 5.74) is 1.53. The average Bonchev–Trinajstić information content (AvgIpc) is 2.72. The Hall–Kier alpha value is -3.02. The maximum absolute atomic E-state index is 12.7. The molecule has 0 radical (unpaired) electrons. The molecular weight excluding hydrogens is 356 g/mol. The first-order valence-corrected chi connectivity index (χ1v) is 9.54. The van der Waals surface area contributed by atoms with Gasteiger partial charge in [-0.05, 0) is 42.7 Å². The van der Waals surface area contributed by atoms with E-state index in [9.17, 15) is 9.59 Å². The molecule has 150 valence electrons. The van der Waals surface area contributed by atoms with E-state index in [1.54, 1.807) is 24.3 Å². The first-order chi connectivity index (χ1) is 13.5. The Morgan fingerprint density at radius 2 is 1.68 bits per heavy atom. The van der Waals surface area contributed by atoms with Gasteiger partial charge in [0, 0.05) is 5.69 Å². The van der Waals surface area contributed by atoms with Gasteiger partial charge < -0.3 is 20.1 Å².